The van der Waals surface area contributed by atoms with Gasteiger partial charge in [0.05, 0.1) is 16.7 Å². The van der Waals surface area contributed by atoms with Crippen LogP contribution >= 0.6 is 0 Å². The van der Waals surface area contributed by atoms with Crippen LogP contribution in [0.25, 0.3) is 0 Å². The van der Waals surface area contributed by atoms with Crippen molar-refractivity contribution in [3.05, 3.63) is 105 Å². The first kappa shape index (κ1) is 18.4. The lowest BCUT2D eigenvalue weighted by Gasteiger charge is -2.38. The monoisotopic (exact) mass is 399 g/mol. The van der Waals surface area contributed by atoms with E-state index in [9.17, 15) is 10.1 Å². The average molecular weight is 399 g/mol. The maximum absolute atomic E-state index is 11.3. The van der Waals surface area contributed by atoms with E-state index in [1.807, 2.05) is 29.3 Å². The van der Waals surface area contributed by atoms with Gasteiger partial charge in [-0.05, 0) is 23.6 Å². The molecule has 2 aliphatic rings. The molecular formula is C24H21N3O3. The number of ether oxygens (including phenoxy) is 1. The van der Waals surface area contributed by atoms with Gasteiger partial charge in [-0.15, -0.1) is 0 Å². The molecule has 3 aromatic rings. The lowest BCUT2D eigenvalue weighted by molar-refractivity contribution is -0.385. The zero-order valence-corrected chi connectivity index (χ0v) is 16.6. The first-order valence-electron chi connectivity index (χ1n) is 10.1. The molecule has 0 amide bonds. The highest BCUT2D eigenvalue weighted by Gasteiger charge is 2.41. The van der Waals surface area contributed by atoms with Gasteiger partial charge in [0.25, 0.3) is 5.69 Å². The van der Waals surface area contributed by atoms with Crippen LogP contribution in [-0.4, -0.2) is 15.6 Å². The van der Waals surface area contributed by atoms with E-state index in [4.69, 9.17) is 9.84 Å². The number of para-hydroxylation sites is 1. The number of hydrogen-bond donors (Lipinski definition) is 0. The molecule has 0 radical (unpaired) electrons. The SMILES string of the molecule is CCc1ccc(C2=NN3C(C2)c2ccccc2OC3c2cccc([N+](=O)[O-])c2)cc1. The summed E-state index contributed by atoms with van der Waals surface area (Å²) in [6.45, 7) is 2.14. The van der Waals surface area contributed by atoms with E-state index in [2.05, 4.69) is 37.3 Å². The smallest absolute Gasteiger partial charge is 0.269 e. The first-order valence-corrected chi connectivity index (χ1v) is 10.1. The third-order valence-electron chi connectivity index (χ3n) is 5.76. The fourth-order valence-corrected chi connectivity index (χ4v) is 4.15. The van der Waals surface area contributed by atoms with Gasteiger partial charge in [-0.1, -0.05) is 61.5 Å². The Balaban J connectivity index is 1.57. The molecule has 2 aliphatic heterocycles. The van der Waals surface area contributed by atoms with E-state index in [-0.39, 0.29) is 16.7 Å². The molecule has 6 nitrogen and oxygen atoms in total. The van der Waals surface area contributed by atoms with E-state index in [1.54, 1.807) is 12.1 Å². The lowest BCUT2D eigenvalue weighted by atomic mass is 9.95. The Bertz CT molecular complexity index is 1140. The van der Waals surface area contributed by atoms with Crippen molar-refractivity contribution in [3.8, 4) is 5.75 Å². The Hall–Kier alpha value is -3.67. The molecule has 3 aromatic carbocycles. The minimum atomic E-state index is -0.516. The summed E-state index contributed by atoms with van der Waals surface area (Å²) in [7, 11) is 0. The van der Waals surface area contributed by atoms with Crippen molar-refractivity contribution in [2.45, 2.75) is 32.0 Å². The minimum absolute atomic E-state index is 0.0278. The Kier molecular flexibility index (Phi) is 4.47. The predicted octanol–water partition coefficient (Wildman–Crippen LogP) is 5.40. The molecule has 0 aromatic heterocycles. The van der Waals surface area contributed by atoms with E-state index in [0.29, 0.717) is 0 Å². The highest BCUT2D eigenvalue weighted by Crippen LogP contribution is 2.47. The molecule has 0 aliphatic carbocycles. The summed E-state index contributed by atoms with van der Waals surface area (Å²) in [6.07, 6.45) is 1.24. The predicted molar refractivity (Wildman–Crippen MR) is 114 cm³/mol. The van der Waals surface area contributed by atoms with Crippen molar-refractivity contribution in [1.82, 2.24) is 5.01 Å². The molecule has 0 bridgehead atoms. The summed E-state index contributed by atoms with van der Waals surface area (Å²) in [5.41, 5.74) is 5.23. The number of rotatable bonds is 4. The number of nitro benzene ring substituents is 1. The molecule has 2 unspecified atom stereocenters. The van der Waals surface area contributed by atoms with Gasteiger partial charge in [0.15, 0.2) is 0 Å². The molecule has 0 N–H and O–H groups in total. The zero-order valence-electron chi connectivity index (χ0n) is 16.6. The highest BCUT2D eigenvalue weighted by atomic mass is 16.6. The number of benzene rings is 3. The van der Waals surface area contributed by atoms with Gasteiger partial charge in [-0.3, -0.25) is 10.1 Å². The van der Waals surface area contributed by atoms with Crippen molar-refractivity contribution < 1.29 is 9.66 Å². The fourth-order valence-electron chi connectivity index (χ4n) is 4.15. The van der Waals surface area contributed by atoms with Crippen LogP contribution < -0.4 is 4.74 Å². The molecule has 0 saturated heterocycles. The second kappa shape index (κ2) is 7.30. The maximum Gasteiger partial charge on any atom is 0.269 e. The number of fused-ring (bicyclic) bond motifs is 3. The summed E-state index contributed by atoms with van der Waals surface area (Å²) in [6, 6.07) is 23.1. The minimum Gasteiger partial charge on any atom is -0.464 e. The molecule has 0 fully saturated rings. The van der Waals surface area contributed by atoms with Gasteiger partial charge < -0.3 is 4.74 Å². The van der Waals surface area contributed by atoms with Crippen molar-refractivity contribution in [2.75, 3.05) is 0 Å². The number of hydrazone groups is 1. The zero-order chi connectivity index (χ0) is 20.7. The van der Waals surface area contributed by atoms with Crippen LogP contribution in [-0.2, 0) is 6.42 Å². The molecule has 2 atom stereocenters. The first-order chi connectivity index (χ1) is 14.6. The summed E-state index contributed by atoms with van der Waals surface area (Å²) < 4.78 is 6.28. The molecule has 0 saturated carbocycles. The molecular weight excluding hydrogens is 378 g/mol. The van der Waals surface area contributed by atoms with Crippen LogP contribution in [0.3, 0.4) is 0 Å². The van der Waals surface area contributed by atoms with Gasteiger partial charge in [0.1, 0.15) is 5.75 Å². The summed E-state index contributed by atoms with van der Waals surface area (Å²) in [4.78, 5) is 10.9. The summed E-state index contributed by atoms with van der Waals surface area (Å²) >= 11 is 0. The molecule has 2 heterocycles. The summed E-state index contributed by atoms with van der Waals surface area (Å²) in [5.74, 6) is 0.799. The van der Waals surface area contributed by atoms with Crippen molar-refractivity contribution in [2.24, 2.45) is 5.10 Å². The Labute approximate surface area is 174 Å². The summed E-state index contributed by atoms with van der Waals surface area (Å²) in [5, 5.41) is 18.1. The van der Waals surface area contributed by atoms with E-state index < -0.39 is 6.23 Å². The Morgan fingerprint density at radius 1 is 1.10 bits per heavy atom. The van der Waals surface area contributed by atoms with Gasteiger partial charge >= 0.3 is 0 Å². The van der Waals surface area contributed by atoms with Crippen LogP contribution in [0.15, 0.2) is 77.9 Å². The average Bonchev–Trinajstić information content (AvgIpc) is 3.24. The standard InChI is InChI=1S/C24H21N3O3/c1-2-16-10-12-17(13-11-16)21-15-22-20-8-3-4-9-23(20)30-24(26(22)25-21)18-6-5-7-19(14-18)27(28)29/h3-14,22,24H,2,15H2,1H3. The van der Waals surface area contributed by atoms with Crippen molar-refractivity contribution in [1.29, 1.82) is 0 Å². The fraction of sp³-hybridized carbons (Fsp3) is 0.208. The van der Waals surface area contributed by atoms with Crippen LogP contribution in [0.4, 0.5) is 5.69 Å². The van der Waals surface area contributed by atoms with Gasteiger partial charge in [0, 0.05) is 29.7 Å². The van der Waals surface area contributed by atoms with Gasteiger partial charge in [-0.2, -0.15) is 5.10 Å². The number of hydrogen-bond acceptors (Lipinski definition) is 5. The van der Waals surface area contributed by atoms with Crippen molar-refractivity contribution >= 4 is 11.4 Å². The number of nitro groups is 1. The quantitative estimate of drug-likeness (QED) is 0.435. The molecule has 6 heteroatoms. The lowest BCUT2D eigenvalue weighted by Crippen LogP contribution is -2.33. The van der Waals surface area contributed by atoms with E-state index in [1.165, 1.54) is 11.6 Å². The Morgan fingerprint density at radius 2 is 1.90 bits per heavy atom. The molecule has 0 spiro atoms. The largest absolute Gasteiger partial charge is 0.464 e. The molecule has 5 rings (SSSR count). The van der Waals surface area contributed by atoms with Crippen LogP contribution in [0, 0.1) is 10.1 Å². The number of aryl methyl sites for hydroxylation is 1. The second-order valence-electron chi connectivity index (χ2n) is 7.56. The van der Waals surface area contributed by atoms with E-state index in [0.717, 1.165) is 41.0 Å². The van der Waals surface area contributed by atoms with Crippen molar-refractivity contribution in [3.63, 3.8) is 0 Å². The van der Waals surface area contributed by atoms with Crippen LogP contribution in [0.5, 0.6) is 5.75 Å². The van der Waals surface area contributed by atoms with Crippen LogP contribution in [0.2, 0.25) is 0 Å². The van der Waals surface area contributed by atoms with Gasteiger partial charge in [0.2, 0.25) is 6.23 Å². The third kappa shape index (κ3) is 3.10. The third-order valence-corrected chi connectivity index (χ3v) is 5.76. The van der Waals surface area contributed by atoms with Gasteiger partial charge in [-0.25, -0.2) is 5.01 Å². The number of non-ortho nitro benzene ring substituents is 1. The maximum atomic E-state index is 11.3. The highest BCUT2D eigenvalue weighted by molar-refractivity contribution is 6.02. The number of nitrogens with zero attached hydrogens (tertiary/aromatic N) is 3. The second-order valence-corrected chi connectivity index (χ2v) is 7.56. The Morgan fingerprint density at radius 3 is 2.67 bits per heavy atom. The van der Waals surface area contributed by atoms with Crippen LogP contribution in [0.1, 0.15) is 47.9 Å². The molecule has 150 valence electrons. The molecule has 30 heavy (non-hydrogen) atoms. The van der Waals surface area contributed by atoms with E-state index >= 15 is 0 Å². The topological polar surface area (TPSA) is 68.0 Å². The normalized spacial score (nSPS) is 19.5.